The predicted octanol–water partition coefficient (Wildman–Crippen LogP) is 3.31. The summed E-state index contributed by atoms with van der Waals surface area (Å²) in [6.45, 7) is 6.68. The number of methoxy groups -OCH3 is 1. The minimum absolute atomic E-state index is 0.103. The normalized spacial score (nSPS) is 15.4. The maximum absolute atomic E-state index is 5.84. The second-order valence-electron chi connectivity index (χ2n) is 6.51. The van der Waals surface area contributed by atoms with Crippen molar-refractivity contribution >= 4 is 0 Å². The Morgan fingerprint density at radius 1 is 1.19 bits per heavy atom. The van der Waals surface area contributed by atoms with Crippen LogP contribution in [0.15, 0.2) is 24.3 Å². The van der Waals surface area contributed by atoms with Crippen molar-refractivity contribution in [1.82, 2.24) is 5.32 Å². The van der Waals surface area contributed by atoms with Crippen molar-refractivity contribution in [2.45, 2.75) is 57.8 Å². The van der Waals surface area contributed by atoms with Crippen molar-refractivity contribution in [2.24, 2.45) is 0 Å². The third-order valence-corrected chi connectivity index (χ3v) is 4.18. The van der Waals surface area contributed by atoms with E-state index < -0.39 is 0 Å². The Labute approximate surface area is 129 Å². The molecular formula is C18H29NO2. The molecule has 3 heteroatoms. The van der Waals surface area contributed by atoms with Gasteiger partial charge in [0.2, 0.25) is 0 Å². The van der Waals surface area contributed by atoms with Crippen LogP contribution in [0.5, 0.6) is 0 Å². The van der Waals surface area contributed by atoms with E-state index in [-0.39, 0.29) is 5.60 Å². The van der Waals surface area contributed by atoms with Crippen molar-refractivity contribution in [3.8, 4) is 0 Å². The van der Waals surface area contributed by atoms with Crippen LogP contribution in [0, 0.1) is 0 Å². The summed E-state index contributed by atoms with van der Waals surface area (Å²) in [6, 6.07) is 9.38. The number of hydrogen-bond acceptors (Lipinski definition) is 3. The molecule has 0 bridgehead atoms. The van der Waals surface area contributed by atoms with Crippen LogP contribution in [-0.2, 0) is 22.5 Å². The highest BCUT2D eigenvalue weighted by atomic mass is 16.5. The van der Waals surface area contributed by atoms with E-state index in [9.17, 15) is 0 Å². The first kappa shape index (κ1) is 16.5. The van der Waals surface area contributed by atoms with E-state index in [1.54, 1.807) is 7.11 Å². The molecule has 0 unspecified atom stereocenters. The summed E-state index contributed by atoms with van der Waals surface area (Å²) in [5, 5.41) is 3.57. The maximum Gasteiger partial charge on any atom is 0.0719 e. The molecule has 1 aromatic carbocycles. The Balaban J connectivity index is 1.73. The summed E-state index contributed by atoms with van der Waals surface area (Å²) in [7, 11) is 1.75. The van der Waals surface area contributed by atoms with Crippen LogP contribution in [0.2, 0.25) is 0 Å². The largest absolute Gasteiger partial charge is 0.379 e. The van der Waals surface area contributed by atoms with Gasteiger partial charge in [-0.1, -0.05) is 24.3 Å². The maximum atomic E-state index is 5.84. The minimum Gasteiger partial charge on any atom is -0.379 e. The first-order chi connectivity index (χ1) is 10.1. The third-order valence-electron chi connectivity index (χ3n) is 4.18. The number of rotatable bonds is 10. The van der Waals surface area contributed by atoms with Gasteiger partial charge in [0.15, 0.2) is 0 Å². The lowest BCUT2D eigenvalue weighted by Gasteiger charge is -2.22. The molecule has 21 heavy (non-hydrogen) atoms. The second kappa shape index (κ2) is 7.92. The molecule has 0 aliphatic heterocycles. The van der Waals surface area contributed by atoms with Gasteiger partial charge in [-0.25, -0.2) is 0 Å². The fraction of sp³-hybridized carbons (Fsp3) is 0.667. The third kappa shape index (κ3) is 6.16. The Bertz CT molecular complexity index is 427. The zero-order valence-electron chi connectivity index (χ0n) is 13.7. The summed E-state index contributed by atoms with van der Waals surface area (Å²) >= 11 is 0. The van der Waals surface area contributed by atoms with Gasteiger partial charge in [0.05, 0.1) is 12.2 Å². The highest BCUT2D eigenvalue weighted by molar-refractivity contribution is 5.26. The zero-order chi connectivity index (χ0) is 15.1. The van der Waals surface area contributed by atoms with E-state index in [2.05, 4.69) is 43.4 Å². The highest BCUT2D eigenvalue weighted by Crippen LogP contribution is 2.19. The number of hydrogen-bond donors (Lipinski definition) is 1. The van der Waals surface area contributed by atoms with Gasteiger partial charge in [0.25, 0.3) is 0 Å². The molecule has 3 nitrogen and oxygen atoms in total. The summed E-state index contributed by atoms with van der Waals surface area (Å²) < 4.78 is 11.2. The number of nitrogens with one attached hydrogen (secondary N) is 1. The van der Waals surface area contributed by atoms with Gasteiger partial charge in [0, 0.05) is 19.8 Å². The lowest BCUT2D eigenvalue weighted by atomic mass is 10.0. The van der Waals surface area contributed by atoms with Crippen molar-refractivity contribution in [3.05, 3.63) is 35.4 Å². The highest BCUT2D eigenvalue weighted by Gasteiger charge is 2.19. The molecule has 1 aromatic rings. The predicted molar refractivity (Wildman–Crippen MR) is 86.5 cm³/mol. The van der Waals surface area contributed by atoms with Crippen LogP contribution in [0.25, 0.3) is 0 Å². The lowest BCUT2D eigenvalue weighted by Crippen LogP contribution is -2.24. The molecule has 0 spiro atoms. The molecule has 1 N–H and O–H groups in total. The van der Waals surface area contributed by atoms with E-state index in [1.807, 2.05) is 0 Å². The van der Waals surface area contributed by atoms with Gasteiger partial charge < -0.3 is 14.8 Å². The average Bonchev–Trinajstić information content (AvgIpc) is 3.29. The monoisotopic (exact) mass is 291 g/mol. The number of ether oxygens (including phenoxy) is 2. The van der Waals surface area contributed by atoms with E-state index in [4.69, 9.17) is 9.47 Å². The van der Waals surface area contributed by atoms with E-state index in [1.165, 1.54) is 24.0 Å². The minimum atomic E-state index is -0.103. The van der Waals surface area contributed by atoms with Crippen molar-refractivity contribution in [2.75, 3.05) is 20.3 Å². The molecule has 0 atom stereocenters. The van der Waals surface area contributed by atoms with Crippen LogP contribution < -0.4 is 5.32 Å². The Morgan fingerprint density at radius 2 is 1.90 bits per heavy atom. The van der Waals surface area contributed by atoms with E-state index >= 15 is 0 Å². The quantitative estimate of drug-likeness (QED) is 0.671. The van der Waals surface area contributed by atoms with Crippen LogP contribution in [0.4, 0.5) is 0 Å². The smallest absolute Gasteiger partial charge is 0.0719 e. The molecule has 1 saturated carbocycles. The van der Waals surface area contributed by atoms with Gasteiger partial charge in [-0.3, -0.25) is 0 Å². The Kier molecular flexibility index (Phi) is 6.22. The fourth-order valence-corrected chi connectivity index (χ4v) is 2.24. The molecule has 118 valence electrons. The Hall–Kier alpha value is -0.900. The lowest BCUT2D eigenvalue weighted by molar-refractivity contribution is -0.0125. The number of benzene rings is 1. The summed E-state index contributed by atoms with van der Waals surface area (Å²) in [5.41, 5.74) is 2.61. The topological polar surface area (TPSA) is 30.5 Å². The van der Waals surface area contributed by atoms with Crippen molar-refractivity contribution < 1.29 is 9.47 Å². The van der Waals surface area contributed by atoms with Gasteiger partial charge in [-0.15, -0.1) is 0 Å². The second-order valence-corrected chi connectivity index (χ2v) is 6.51. The molecule has 0 amide bonds. The van der Waals surface area contributed by atoms with E-state index in [0.29, 0.717) is 6.61 Å². The average molecular weight is 291 g/mol. The molecule has 0 saturated heterocycles. The first-order valence-corrected chi connectivity index (χ1v) is 8.04. The SMILES string of the molecule is COC(C)(C)CCOCc1ccccc1CCNC1CC1. The molecule has 0 heterocycles. The van der Waals surface area contributed by atoms with Crippen LogP contribution in [0.3, 0.4) is 0 Å². The van der Waals surface area contributed by atoms with Crippen LogP contribution in [-0.4, -0.2) is 31.9 Å². The zero-order valence-corrected chi connectivity index (χ0v) is 13.7. The molecule has 2 rings (SSSR count). The molecule has 1 fully saturated rings. The van der Waals surface area contributed by atoms with Gasteiger partial charge in [0.1, 0.15) is 0 Å². The summed E-state index contributed by atoms with van der Waals surface area (Å²) in [4.78, 5) is 0. The fourth-order valence-electron chi connectivity index (χ4n) is 2.24. The van der Waals surface area contributed by atoms with Crippen LogP contribution in [0.1, 0.15) is 44.2 Å². The Morgan fingerprint density at radius 3 is 2.57 bits per heavy atom. The van der Waals surface area contributed by atoms with Crippen LogP contribution >= 0.6 is 0 Å². The summed E-state index contributed by atoms with van der Waals surface area (Å²) in [6.07, 6.45) is 4.69. The molecule has 0 aromatic heterocycles. The van der Waals surface area contributed by atoms with E-state index in [0.717, 1.165) is 32.0 Å². The molecule has 0 radical (unpaired) electrons. The molecule has 1 aliphatic carbocycles. The molecule has 1 aliphatic rings. The van der Waals surface area contributed by atoms with Gasteiger partial charge in [-0.2, -0.15) is 0 Å². The van der Waals surface area contributed by atoms with Gasteiger partial charge >= 0.3 is 0 Å². The standard InChI is InChI=1S/C18H29NO2/c1-18(2,20-3)11-13-21-14-16-7-5-4-6-15(16)10-12-19-17-8-9-17/h4-7,17,19H,8-14H2,1-3H3. The van der Waals surface area contributed by atoms with Crippen molar-refractivity contribution in [1.29, 1.82) is 0 Å². The van der Waals surface area contributed by atoms with Crippen molar-refractivity contribution in [3.63, 3.8) is 0 Å². The molecular weight excluding hydrogens is 262 g/mol. The summed E-state index contributed by atoms with van der Waals surface area (Å²) in [5.74, 6) is 0. The first-order valence-electron chi connectivity index (χ1n) is 8.04. The van der Waals surface area contributed by atoms with Gasteiger partial charge in [-0.05, 0) is 57.2 Å².